The van der Waals surface area contributed by atoms with Gasteiger partial charge in [0.25, 0.3) is 11.3 Å². The Balaban J connectivity index is 1.74. The number of carbonyl (C=O) groups is 2. The number of amides is 1. The summed E-state index contributed by atoms with van der Waals surface area (Å²) in [6, 6.07) is 9.71. The molecule has 5 N–H and O–H groups in total. The van der Waals surface area contributed by atoms with E-state index in [1.54, 1.807) is 45.9 Å². The van der Waals surface area contributed by atoms with Gasteiger partial charge in [0.2, 0.25) is 0 Å². The number of nitrogens with two attached hydrogens (primary N) is 1. The van der Waals surface area contributed by atoms with Gasteiger partial charge < -0.3 is 25.5 Å². The van der Waals surface area contributed by atoms with Crippen LogP contribution in [0.4, 0.5) is 26.6 Å². The number of ether oxygens (including phenoxy) is 1. The predicted molar refractivity (Wildman–Crippen MR) is 144 cm³/mol. The minimum absolute atomic E-state index is 0.0950. The summed E-state index contributed by atoms with van der Waals surface area (Å²) in [6.07, 6.45) is 2.95. The molecule has 12 heteroatoms. The molecular formula is C25H29ClFN5O4S. The first-order chi connectivity index (χ1) is 17.4. The molecule has 9 nitrogen and oxygen atoms in total. The number of rotatable bonds is 9. The van der Waals surface area contributed by atoms with E-state index in [4.69, 9.17) is 26.5 Å². The lowest BCUT2D eigenvalue weighted by Gasteiger charge is -2.31. The van der Waals surface area contributed by atoms with E-state index < -0.39 is 28.0 Å². The maximum atomic E-state index is 13.8. The van der Waals surface area contributed by atoms with Crippen LogP contribution in [0.3, 0.4) is 0 Å². The smallest absolute Gasteiger partial charge is 0.311 e. The lowest BCUT2D eigenvalue weighted by Crippen LogP contribution is -2.42. The highest BCUT2D eigenvalue weighted by atomic mass is 35.5. The Bertz CT molecular complexity index is 1250. The van der Waals surface area contributed by atoms with Gasteiger partial charge in [0, 0.05) is 18.5 Å². The maximum absolute atomic E-state index is 13.8. The number of nitrogens with one attached hydrogen (secondary N) is 3. The highest BCUT2D eigenvalue weighted by Crippen LogP contribution is 2.30. The Labute approximate surface area is 223 Å². The summed E-state index contributed by atoms with van der Waals surface area (Å²) in [5.41, 5.74) is 6.33. The van der Waals surface area contributed by atoms with E-state index in [-0.39, 0.29) is 11.6 Å². The number of carbonyl (C=O) groups excluding carboxylic acids is 2. The Kier molecular flexibility index (Phi) is 9.06. The van der Waals surface area contributed by atoms with Gasteiger partial charge in [-0.05, 0) is 57.0 Å². The quantitative estimate of drug-likeness (QED) is 0.145. The predicted octanol–water partition coefficient (Wildman–Crippen LogP) is 5.94. The van der Waals surface area contributed by atoms with Crippen molar-refractivity contribution in [2.45, 2.75) is 39.8 Å². The molecule has 0 spiro atoms. The zero-order valence-electron chi connectivity index (χ0n) is 20.9. The number of anilines is 3. The summed E-state index contributed by atoms with van der Waals surface area (Å²) >= 11 is 6.74. The minimum Gasteiger partial charge on any atom is -0.463 e. The van der Waals surface area contributed by atoms with Gasteiger partial charge in [-0.3, -0.25) is 9.59 Å². The van der Waals surface area contributed by atoms with Crippen LogP contribution in [0, 0.1) is 11.2 Å². The second-order valence-corrected chi connectivity index (χ2v) is 10.7. The molecule has 0 aliphatic heterocycles. The normalized spacial score (nSPS) is 13.0. The molecule has 1 unspecified atom stereocenters. The van der Waals surface area contributed by atoms with Crippen LogP contribution in [0.1, 0.15) is 38.8 Å². The zero-order chi connectivity index (χ0) is 27.2. The van der Waals surface area contributed by atoms with Crippen molar-refractivity contribution in [2.24, 2.45) is 5.41 Å². The molecule has 1 amide bonds. The number of esters is 1. The van der Waals surface area contributed by atoms with Crippen molar-refractivity contribution in [3.8, 4) is 0 Å². The highest BCUT2D eigenvalue weighted by molar-refractivity contribution is 8.12. The van der Waals surface area contributed by atoms with Gasteiger partial charge in [0.05, 0.1) is 33.5 Å². The van der Waals surface area contributed by atoms with E-state index in [1.807, 2.05) is 0 Å². The van der Waals surface area contributed by atoms with E-state index >= 15 is 0 Å². The van der Waals surface area contributed by atoms with Gasteiger partial charge in [0.1, 0.15) is 18.7 Å². The number of benzene rings is 2. The van der Waals surface area contributed by atoms with Crippen molar-refractivity contribution in [3.05, 3.63) is 70.8 Å². The van der Waals surface area contributed by atoms with E-state index in [0.717, 1.165) is 11.9 Å². The molecule has 0 fully saturated rings. The third-order valence-corrected chi connectivity index (χ3v) is 6.43. The van der Waals surface area contributed by atoms with Crippen LogP contribution in [-0.4, -0.2) is 22.8 Å². The molecule has 198 valence electrons. The molecule has 0 saturated carbocycles. The number of nitrogens with zero attached hydrogens (tertiary/aromatic N) is 1. The summed E-state index contributed by atoms with van der Waals surface area (Å²) in [6.45, 7) is 7.08. The third kappa shape index (κ3) is 7.61. The van der Waals surface area contributed by atoms with Gasteiger partial charge in [-0.1, -0.05) is 29.8 Å². The molecule has 37 heavy (non-hydrogen) atoms. The average Bonchev–Trinajstić information content (AvgIpc) is 3.36. The molecular weight excluding hydrogens is 521 g/mol. The fourth-order valence-corrected chi connectivity index (χ4v) is 3.95. The van der Waals surface area contributed by atoms with E-state index in [9.17, 15) is 14.0 Å². The van der Waals surface area contributed by atoms with Crippen LogP contribution in [0.25, 0.3) is 0 Å². The van der Waals surface area contributed by atoms with Crippen LogP contribution in [0.15, 0.2) is 53.3 Å². The van der Waals surface area contributed by atoms with Crippen molar-refractivity contribution in [2.75, 3.05) is 23.0 Å². The van der Waals surface area contributed by atoms with Gasteiger partial charge in [-0.15, -0.1) is 0 Å². The second-order valence-electron chi connectivity index (χ2n) is 9.48. The molecule has 1 aromatic heterocycles. The Hall–Kier alpha value is -3.28. The van der Waals surface area contributed by atoms with E-state index in [2.05, 4.69) is 20.3 Å². The zero-order valence-corrected chi connectivity index (χ0v) is 22.4. The first kappa shape index (κ1) is 28.3. The number of hydrogen-bond donors (Lipinski definition) is 4. The van der Waals surface area contributed by atoms with Crippen molar-refractivity contribution in [1.29, 1.82) is 0 Å². The molecule has 3 rings (SSSR count). The van der Waals surface area contributed by atoms with Gasteiger partial charge in [-0.2, -0.15) is 0 Å². The molecule has 0 bridgehead atoms. The molecule has 0 aliphatic carbocycles. The summed E-state index contributed by atoms with van der Waals surface area (Å²) in [5, 5.41) is 5.23. The Morgan fingerprint density at radius 1 is 1.22 bits per heavy atom. The van der Waals surface area contributed by atoms with Gasteiger partial charge in [0.15, 0.2) is 0 Å². The van der Waals surface area contributed by atoms with Crippen molar-refractivity contribution in [1.82, 2.24) is 9.71 Å². The summed E-state index contributed by atoms with van der Waals surface area (Å²) in [5.74, 6) is -1.02. The number of aromatic nitrogens is 1. The van der Waals surface area contributed by atoms with Crippen LogP contribution in [0.2, 0.25) is 5.02 Å². The largest absolute Gasteiger partial charge is 0.463 e. The SMILES string of the molecule is CC(C)(C)C(=O)OCC(C)(NSC(=O)Nc1c(N)cccc1CNc1ncco1)c1ccc(F)c(Cl)c1. The number of hydrogen-bond acceptors (Lipinski definition) is 9. The number of oxazole rings is 1. The van der Waals surface area contributed by atoms with Crippen LogP contribution >= 0.6 is 23.5 Å². The van der Waals surface area contributed by atoms with Gasteiger partial charge in [-0.25, -0.2) is 14.1 Å². The second kappa shape index (κ2) is 11.8. The lowest BCUT2D eigenvalue weighted by atomic mass is 9.93. The van der Waals surface area contributed by atoms with Crippen molar-refractivity contribution in [3.63, 3.8) is 0 Å². The van der Waals surface area contributed by atoms with Crippen molar-refractivity contribution >= 4 is 52.1 Å². The summed E-state index contributed by atoms with van der Waals surface area (Å²) in [7, 11) is 0. The topological polar surface area (TPSA) is 132 Å². The molecule has 1 heterocycles. The minimum atomic E-state index is -1.09. The molecule has 1 atom stereocenters. The van der Waals surface area contributed by atoms with Gasteiger partial charge >= 0.3 is 5.97 Å². The average molecular weight is 550 g/mol. The fraction of sp³-hybridized carbons (Fsp3) is 0.320. The monoisotopic (exact) mass is 549 g/mol. The molecule has 3 aromatic rings. The first-order valence-electron chi connectivity index (χ1n) is 11.3. The standard InChI is InChI=1S/C25H29ClFN5O4S/c1-24(2,3)21(33)36-14-25(4,16-8-9-18(27)17(26)12-16)32-37-23(34)31-20-15(6-5-7-19(20)28)13-30-22-29-10-11-35-22/h5-12,32H,13-14,28H2,1-4H3,(H,29,30)(H,31,34). The highest BCUT2D eigenvalue weighted by Gasteiger charge is 2.33. The first-order valence-corrected chi connectivity index (χ1v) is 12.5. The summed E-state index contributed by atoms with van der Waals surface area (Å²) in [4.78, 5) is 29.4. The lowest BCUT2D eigenvalue weighted by molar-refractivity contribution is -0.155. The Morgan fingerprint density at radius 3 is 2.62 bits per heavy atom. The molecule has 0 aliphatic rings. The van der Waals surface area contributed by atoms with Crippen LogP contribution < -0.4 is 21.1 Å². The molecule has 2 aromatic carbocycles. The summed E-state index contributed by atoms with van der Waals surface area (Å²) < 4.78 is 27.6. The van der Waals surface area contributed by atoms with Crippen LogP contribution in [0.5, 0.6) is 0 Å². The van der Waals surface area contributed by atoms with Crippen LogP contribution in [-0.2, 0) is 21.6 Å². The maximum Gasteiger partial charge on any atom is 0.311 e. The van der Waals surface area contributed by atoms with Crippen molar-refractivity contribution < 1.29 is 23.1 Å². The molecule has 0 saturated heterocycles. The number of para-hydroxylation sites is 1. The Morgan fingerprint density at radius 2 is 1.97 bits per heavy atom. The third-order valence-electron chi connectivity index (χ3n) is 5.30. The fourth-order valence-electron chi connectivity index (χ4n) is 3.13. The van der Waals surface area contributed by atoms with E-state index in [0.29, 0.717) is 35.1 Å². The number of halogens is 2. The molecule has 0 radical (unpaired) electrons. The number of nitrogen functional groups attached to an aromatic ring is 1. The van der Waals surface area contributed by atoms with E-state index in [1.165, 1.54) is 30.7 Å².